The van der Waals surface area contributed by atoms with Crippen LogP contribution in [0.3, 0.4) is 0 Å². The largest absolute Gasteiger partial charge is 0.366 e. The molecule has 0 radical (unpaired) electrons. The maximum absolute atomic E-state index is 12.2. The molecule has 0 unspecified atom stereocenters. The molecular weight excluding hydrogens is 284 g/mol. The second-order valence-electron chi connectivity index (χ2n) is 4.53. The van der Waals surface area contributed by atoms with Gasteiger partial charge in [0.2, 0.25) is 5.91 Å². The summed E-state index contributed by atoms with van der Waals surface area (Å²) < 4.78 is 0. The zero-order valence-corrected chi connectivity index (χ0v) is 12.4. The van der Waals surface area contributed by atoms with Crippen LogP contribution >= 0.6 is 11.8 Å². The van der Waals surface area contributed by atoms with Crippen molar-refractivity contribution in [2.45, 2.75) is 5.75 Å². The highest BCUT2D eigenvalue weighted by Crippen LogP contribution is 2.15. The molecule has 2 rings (SSSR count). The van der Waals surface area contributed by atoms with Gasteiger partial charge in [-0.3, -0.25) is 9.59 Å². The molecule has 21 heavy (non-hydrogen) atoms. The van der Waals surface area contributed by atoms with E-state index in [1.165, 1.54) is 0 Å². The van der Waals surface area contributed by atoms with Crippen LogP contribution in [0.2, 0.25) is 0 Å². The van der Waals surface area contributed by atoms with Gasteiger partial charge in [-0.25, -0.2) is 0 Å². The van der Waals surface area contributed by atoms with E-state index in [0.717, 1.165) is 11.3 Å². The van der Waals surface area contributed by atoms with Crippen LogP contribution in [-0.4, -0.2) is 18.1 Å². The Morgan fingerprint density at radius 3 is 2.52 bits per heavy atom. The van der Waals surface area contributed by atoms with Crippen molar-refractivity contribution < 1.29 is 9.59 Å². The maximum atomic E-state index is 12.2. The van der Waals surface area contributed by atoms with Gasteiger partial charge in [0.15, 0.2) is 0 Å². The van der Waals surface area contributed by atoms with Crippen molar-refractivity contribution in [2.24, 2.45) is 5.73 Å². The predicted octanol–water partition coefficient (Wildman–Crippen LogP) is 2.90. The van der Waals surface area contributed by atoms with Gasteiger partial charge in [-0.1, -0.05) is 18.2 Å². The first-order valence-electron chi connectivity index (χ1n) is 6.39. The van der Waals surface area contributed by atoms with E-state index in [-0.39, 0.29) is 5.91 Å². The van der Waals surface area contributed by atoms with Gasteiger partial charge in [-0.05, 0) is 42.2 Å². The summed E-state index contributed by atoms with van der Waals surface area (Å²) in [7, 11) is 0. The first-order chi connectivity index (χ1) is 10.1. The van der Waals surface area contributed by atoms with Crippen LogP contribution in [-0.2, 0) is 5.75 Å². The maximum Gasteiger partial charge on any atom is 0.255 e. The zero-order chi connectivity index (χ0) is 15.2. The number of hydrogen-bond donors (Lipinski definition) is 2. The summed E-state index contributed by atoms with van der Waals surface area (Å²) in [6.07, 6.45) is 2.02. The molecule has 0 saturated heterocycles. The zero-order valence-electron chi connectivity index (χ0n) is 11.6. The van der Waals surface area contributed by atoms with E-state index in [4.69, 9.17) is 5.73 Å². The number of amides is 2. The summed E-state index contributed by atoms with van der Waals surface area (Å²) in [5, 5.41) is 2.77. The normalized spacial score (nSPS) is 10.1. The molecule has 3 N–H and O–H groups in total. The van der Waals surface area contributed by atoms with Gasteiger partial charge in [0.25, 0.3) is 5.91 Å². The molecular formula is C16H16N2O2S. The van der Waals surface area contributed by atoms with E-state index in [2.05, 4.69) is 5.32 Å². The lowest BCUT2D eigenvalue weighted by Gasteiger charge is -2.07. The molecule has 0 fully saturated rings. The number of rotatable bonds is 5. The van der Waals surface area contributed by atoms with Crippen molar-refractivity contribution in [1.29, 1.82) is 0 Å². The standard InChI is InChI=1S/C16H16N2O2S/c1-21-10-11-4-2-6-13(8-11)16(20)18-14-7-3-5-12(9-14)15(17)19/h2-9H,10H2,1H3,(H2,17,19)(H,18,20). The minimum atomic E-state index is -0.520. The lowest BCUT2D eigenvalue weighted by Crippen LogP contribution is -2.14. The number of nitrogens with one attached hydrogen (secondary N) is 1. The molecule has 0 aliphatic carbocycles. The summed E-state index contributed by atoms with van der Waals surface area (Å²) in [6.45, 7) is 0. The summed E-state index contributed by atoms with van der Waals surface area (Å²) >= 11 is 1.70. The topological polar surface area (TPSA) is 72.2 Å². The quantitative estimate of drug-likeness (QED) is 0.891. The number of carbonyl (C=O) groups excluding carboxylic acids is 2. The molecule has 0 aliphatic heterocycles. The van der Waals surface area contributed by atoms with Crippen molar-refractivity contribution in [3.63, 3.8) is 0 Å². The first-order valence-corrected chi connectivity index (χ1v) is 7.78. The molecule has 0 saturated carbocycles. The molecule has 108 valence electrons. The Labute approximate surface area is 127 Å². The summed E-state index contributed by atoms with van der Waals surface area (Å²) in [5.74, 6) is 0.130. The van der Waals surface area contributed by atoms with Crippen LogP contribution in [0, 0.1) is 0 Å². The second-order valence-corrected chi connectivity index (χ2v) is 5.40. The molecule has 2 aromatic rings. The Morgan fingerprint density at radius 1 is 1.10 bits per heavy atom. The fourth-order valence-corrected chi connectivity index (χ4v) is 2.44. The van der Waals surface area contributed by atoms with Gasteiger partial charge in [-0.15, -0.1) is 0 Å². The highest BCUT2D eigenvalue weighted by atomic mass is 32.2. The Morgan fingerprint density at radius 2 is 1.81 bits per heavy atom. The molecule has 0 heterocycles. The van der Waals surface area contributed by atoms with E-state index >= 15 is 0 Å². The third-order valence-electron chi connectivity index (χ3n) is 2.91. The van der Waals surface area contributed by atoms with E-state index in [0.29, 0.717) is 16.8 Å². The number of hydrogen-bond acceptors (Lipinski definition) is 3. The second kappa shape index (κ2) is 6.95. The number of anilines is 1. The number of thioether (sulfide) groups is 1. The van der Waals surface area contributed by atoms with Crippen LogP contribution < -0.4 is 11.1 Å². The third kappa shape index (κ3) is 4.10. The number of nitrogens with two attached hydrogens (primary N) is 1. The van der Waals surface area contributed by atoms with Gasteiger partial charge in [0, 0.05) is 22.6 Å². The molecule has 0 aromatic heterocycles. The molecule has 0 bridgehead atoms. The highest BCUT2D eigenvalue weighted by Gasteiger charge is 2.08. The average molecular weight is 300 g/mol. The Balaban J connectivity index is 2.16. The van der Waals surface area contributed by atoms with Crippen molar-refractivity contribution in [2.75, 3.05) is 11.6 Å². The average Bonchev–Trinajstić information content (AvgIpc) is 2.48. The Bertz CT molecular complexity index is 671. The molecule has 0 aliphatic rings. The minimum Gasteiger partial charge on any atom is -0.366 e. The molecule has 0 spiro atoms. The van der Waals surface area contributed by atoms with Crippen molar-refractivity contribution in [3.8, 4) is 0 Å². The van der Waals surface area contributed by atoms with Crippen molar-refractivity contribution in [1.82, 2.24) is 0 Å². The molecule has 0 atom stereocenters. The van der Waals surface area contributed by atoms with E-state index in [1.54, 1.807) is 42.1 Å². The Kier molecular flexibility index (Phi) is 5.00. The number of benzene rings is 2. The first kappa shape index (κ1) is 15.1. The van der Waals surface area contributed by atoms with Crippen LogP contribution in [0.1, 0.15) is 26.3 Å². The van der Waals surface area contributed by atoms with Gasteiger partial charge in [-0.2, -0.15) is 11.8 Å². The van der Waals surface area contributed by atoms with Gasteiger partial charge in [0.1, 0.15) is 0 Å². The number of primary amides is 1. The fourth-order valence-electron chi connectivity index (χ4n) is 1.92. The van der Waals surface area contributed by atoms with E-state index in [9.17, 15) is 9.59 Å². The van der Waals surface area contributed by atoms with Gasteiger partial charge < -0.3 is 11.1 Å². The smallest absolute Gasteiger partial charge is 0.255 e. The minimum absolute atomic E-state index is 0.209. The summed E-state index contributed by atoms with van der Waals surface area (Å²) in [5.41, 5.74) is 7.82. The van der Waals surface area contributed by atoms with Gasteiger partial charge in [0.05, 0.1) is 0 Å². The fraction of sp³-hybridized carbons (Fsp3) is 0.125. The van der Waals surface area contributed by atoms with Gasteiger partial charge >= 0.3 is 0 Å². The monoisotopic (exact) mass is 300 g/mol. The van der Waals surface area contributed by atoms with Crippen LogP contribution in [0.5, 0.6) is 0 Å². The third-order valence-corrected chi connectivity index (χ3v) is 3.53. The van der Waals surface area contributed by atoms with Crippen molar-refractivity contribution in [3.05, 3.63) is 65.2 Å². The molecule has 2 amide bonds. The van der Waals surface area contributed by atoms with Crippen LogP contribution in [0.25, 0.3) is 0 Å². The number of carbonyl (C=O) groups is 2. The van der Waals surface area contributed by atoms with E-state index < -0.39 is 5.91 Å². The Hall–Kier alpha value is -2.27. The highest BCUT2D eigenvalue weighted by molar-refractivity contribution is 7.97. The van der Waals surface area contributed by atoms with Crippen LogP contribution in [0.4, 0.5) is 5.69 Å². The molecule has 5 heteroatoms. The molecule has 2 aromatic carbocycles. The predicted molar refractivity (Wildman–Crippen MR) is 86.6 cm³/mol. The molecule has 4 nitrogen and oxygen atoms in total. The van der Waals surface area contributed by atoms with Crippen LogP contribution in [0.15, 0.2) is 48.5 Å². The van der Waals surface area contributed by atoms with E-state index in [1.807, 2.05) is 24.5 Å². The lowest BCUT2D eigenvalue weighted by atomic mass is 10.1. The van der Waals surface area contributed by atoms with Crippen molar-refractivity contribution >= 4 is 29.3 Å². The summed E-state index contributed by atoms with van der Waals surface area (Å²) in [6, 6.07) is 14.0. The SMILES string of the molecule is CSCc1cccc(C(=O)Nc2cccc(C(N)=O)c2)c1. The summed E-state index contributed by atoms with van der Waals surface area (Å²) in [4.78, 5) is 23.4. The lowest BCUT2D eigenvalue weighted by molar-refractivity contribution is 0.0996.